The van der Waals surface area contributed by atoms with Gasteiger partial charge in [0.1, 0.15) is 22.2 Å². The van der Waals surface area contributed by atoms with Crippen molar-refractivity contribution in [3.63, 3.8) is 0 Å². The van der Waals surface area contributed by atoms with Gasteiger partial charge in [0.05, 0.1) is 10.0 Å². The zero-order valence-corrected chi connectivity index (χ0v) is 16.4. The highest BCUT2D eigenvalue weighted by molar-refractivity contribution is 6.42. The van der Waals surface area contributed by atoms with Crippen LogP contribution < -0.4 is 5.32 Å². The van der Waals surface area contributed by atoms with E-state index in [-0.39, 0.29) is 21.4 Å². The van der Waals surface area contributed by atoms with Crippen molar-refractivity contribution in [2.45, 2.75) is 6.43 Å². The predicted octanol–water partition coefficient (Wildman–Crippen LogP) is 6.38. The van der Waals surface area contributed by atoms with Crippen molar-refractivity contribution in [2.75, 3.05) is 5.32 Å². The molecule has 3 rings (SSSR count). The van der Waals surface area contributed by atoms with E-state index in [0.717, 1.165) is 10.7 Å². The molecule has 0 aliphatic carbocycles. The molecular weight excluding hydrogens is 438 g/mol. The number of aryl methyl sites for hydroxylation is 1. The lowest BCUT2D eigenvalue weighted by molar-refractivity contribution is 0.101. The van der Waals surface area contributed by atoms with Crippen molar-refractivity contribution in [1.29, 1.82) is 0 Å². The van der Waals surface area contributed by atoms with Gasteiger partial charge in [0.15, 0.2) is 0 Å². The second-order valence-electron chi connectivity index (χ2n) is 5.75. The van der Waals surface area contributed by atoms with Crippen molar-refractivity contribution < 1.29 is 18.0 Å². The van der Waals surface area contributed by atoms with Crippen molar-refractivity contribution in [1.82, 2.24) is 9.78 Å². The molecule has 0 bridgehead atoms. The molecule has 28 heavy (non-hydrogen) atoms. The van der Waals surface area contributed by atoms with E-state index in [1.165, 1.54) is 31.3 Å². The van der Waals surface area contributed by atoms with Gasteiger partial charge in [0.2, 0.25) is 0 Å². The van der Waals surface area contributed by atoms with E-state index in [9.17, 15) is 18.0 Å². The fourth-order valence-electron chi connectivity index (χ4n) is 2.60. The quantitative estimate of drug-likeness (QED) is 0.504. The Bertz CT molecular complexity index is 1070. The Morgan fingerprint density at radius 1 is 1.11 bits per heavy atom. The molecular formula is C18H11Cl3F3N3O. The molecule has 2 aromatic carbocycles. The Morgan fingerprint density at radius 2 is 1.82 bits per heavy atom. The van der Waals surface area contributed by atoms with E-state index in [1.807, 2.05) is 0 Å². The summed E-state index contributed by atoms with van der Waals surface area (Å²) in [4.78, 5) is 12.6. The molecule has 0 radical (unpaired) electrons. The first-order valence-corrected chi connectivity index (χ1v) is 8.89. The molecule has 1 N–H and O–H groups in total. The molecule has 1 aromatic heterocycles. The Kier molecular flexibility index (Phi) is 5.88. The third-order valence-electron chi connectivity index (χ3n) is 3.90. The van der Waals surface area contributed by atoms with E-state index < -0.39 is 29.4 Å². The summed E-state index contributed by atoms with van der Waals surface area (Å²) in [6, 6.07) is 8.19. The van der Waals surface area contributed by atoms with Crippen molar-refractivity contribution in [2.24, 2.45) is 7.05 Å². The number of anilines is 1. The lowest BCUT2D eigenvalue weighted by Gasteiger charge is -2.13. The van der Waals surface area contributed by atoms with Gasteiger partial charge in [-0.25, -0.2) is 13.2 Å². The van der Waals surface area contributed by atoms with Crippen LogP contribution in [0.15, 0.2) is 36.4 Å². The van der Waals surface area contributed by atoms with Gasteiger partial charge in [-0.2, -0.15) is 5.10 Å². The van der Waals surface area contributed by atoms with E-state index in [2.05, 4.69) is 10.4 Å². The number of amides is 1. The Labute approximate surface area is 172 Å². The number of carbonyl (C=O) groups excluding carboxylic acids is 1. The van der Waals surface area contributed by atoms with Crippen LogP contribution in [0, 0.1) is 5.82 Å². The fourth-order valence-corrected chi connectivity index (χ4v) is 3.12. The normalized spacial score (nSPS) is 11.1. The highest BCUT2D eigenvalue weighted by atomic mass is 35.5. The van der Waals surface area contributed by atoms with Gasteiger partial charge >= 0.3 is 0 Å². The fraction of sp³-hybridized carbons (Fsp3) is 0.111. The maximum Gasteiger partial charge on any atom is 0.283 e. The first kappa shape index (κ1) is 20.5. The molecule has 0 unspecified atom stereocenters. The number of halogens is 6. The molecule has 0 atom stereocenters. The van der Waals surface area contributed by atoms with Gasteiger partial charge in [-0.05, 0) is 35.9 Å². The highest BCUT2D eigenvalue weighted by Gasteiger charge is 2.27. The molecule has 146 valence electrons. The predicted molar refractivity (Wildman–Crippen MR) is 103 cm³/mol. The first-order chi connectivity index (χ1) is 13.2. The van der Waals surface area contributed by atoms with Gasteiger partial charge in [-0.1, -0.05) is 40.9 Å². The van der Waals surface area contributed by atoms with Crippen LogP contribution in [0.3, 0.4) is 0 Å². The van der Waals surface area contributed by atoms with Crippen LogP contribution in [0.2, 0.25) is 15.2 Å². The standard InChI is InChI=1S/C18H11Cl3F3N3O/c1-27-16(21)14(15(26-27)17(23)24)18(28)25-13-5-3-9(22)7-10(13)8-2-4-11(19)12(20)6-8/h2-7,17H,1H3,(H,25,28). The maximum absolute atomic E-state index is 13.8. The van der Waals surface area contributed by atoms with Crippen molar-refractivity contribution >= 4 is 46.4 Å². The smallest absolute Gasteiger partial charge is 0.283 e. The SMILES string of the molecule is Cn1nc(C(F)F)c(C(=O)Nc2ccc(F)cc2-c2ccc(Cl)c(Cl)c2)c1Cl. The van der Waals surface area contributed by atoms with Gasteiger partial charge in [0, 0.05) is 18.3 Å². The van der Waals surface area contributed by atoms with E-state index >= 15 is 0 Å². The number of hydrogen-bond donors (Lipinski definition) is 1. The van der Waals surface area contributed by atoms with Crippen LogP contribution >= 0.6 is 34.8 Å². The maximum atomic E-state index is 13.8. The molecule has 0 saturated carbocycles. The second kappa shape index (κ2) is 8.03. The molecule has 0 saturated heterocycles. The largest absolute Gasteiger partial charge is 0.321 e. The minimum atomic E-state index is -3.00. The van der Waals surface area contributed by atoms with Gasteiger partial charge in [-0.15, -0.1) is 0 Å². The number of nitrogens with one attached hydrogen (secondary N) is 1. The molecule has 4 nitrogen and oxygen atoms in total. The molecule has 0 fully saturated rings. The molecule has 10 heteroatoms. The van der Waals surface area contributed by atoms with Gasteiger partial charge in [0.25, 0.3) is 12.3 Å². The molecule has 1 heterocycles. The summed E-state index contributed by atoms with van der Waals surface area (Å²) in [5.74, 6) is -1.46. The number of carbonyl (C=O) groups is 1. The number of benzene rings is 2. The minimum Gasteiger partial charge on any atom is -0.321 e. The molecule has 0 spiro atoms. The Hall–Kier alpha value is -2.22. The number of rotatable bonds is 4. The van der Waals surface area contributed by atoms with Crippen molar-refractivity contribution in [3.8, 4) is 11.1 Å². The summed E-state index contributed by atoms with van der Waals surface area (Å²) in [5, 5.41) is 6.34. The molecule has 0 aliphatic heterocycles. The van der Waals surface area contributed by atoms with Crippen LogP contribution in [0.5, 0.6) is 0 Å². The first-order valence-electron chi connectivity index (χ1n) is 7.76. The Balaban J connectivity index is 2.04. The van der Waals surface area contributed by atoms with Crippen LogP contribution in [0.25, 0.3) is 11.1 Å². The van der Waals surface area contributed by atoms with Crippen LogP contribution in [0.1, 0.15) is 22.5 Å². The number of alkyl halides is 2. The highest BCUT2D eigenvalue weighted by Crippen LogP contribution is 2.34. The second-order valence-corrected chi connectivity index (χ2v) is 6.92. The van der Waals surface area contributed by atoms with E-state index in [4.69, 9.17) is 34.8 Å². The zero-order valence-electron chi connectivity index (χ0n) is 14.1. The molecule has 3 aromatic rings. The summed E-state index contributed by atoms with van der Waals surface area (Å²) in [5.41, 5.74) is -0.280. The lowest BCUT2D eigenvalue weighted by Crippen LogP contribution is -2.15. The lowest BCUT2D eigenvalue weighted by atomic mass is 10.0. The number of hydrogen-bond acceptors (Lipinski definition) is 2. The van der Waals surface area contributed by atoms with E-state index in [1.54, 1.807) is 6.07 Å². The summed E-state index contributed by atoms with van der Waals surface area (Å²) < 4.78 is 41.2. The summed E-state index contributed by atoms with van der Waals surface area (Å²) in [6.45, 7) is 0. The van der Waals surface area contributed by atoms with Crippen LogP contribution in [0.4, 0.5) is 18.9 Å². The van der Waals surface area contributed by atoms with Gasteiger partial charge in [-0.3, -0.25) is 9.48 Å². The number of nitrogens with zero attached hydrogens (tertiary/aromatic N) is 2. The average molecular weight is 449 g/mol. The molecule has 1 amide bonds. The average Bonchev–Trinajstić information content (AvgIpc) is 2.94. The topological polar surface area (TPSA) is 46.9 Å². The number of aromatic nitrogens is 2. The van der Waals surface area contributed by atoms with Crippen molar-refractivity contribution in [3.05, 3.63) is 68.7 Å². The van der Waals surface area contributed by atoms with Crippen LogP contribution in [-0.4, -0.2) is 15.7 Å². The third-order valence-corrected chi connectivity index (χ3v) is 5.07. The Morgan fingerprint density at radius 3 is 2.46 bits per heavy atom. The third kappa shape index (κ3) is 3.97. The minimum absolute atomic E-state index is 0.171. The summed E-state index contributed by atoms with van der Waals surface area (Å²) >= 11 is 17.9. The monoisotopic (exact) mass is 447 g/mol. The van der Waals surface area contributed by atoms with E-state index in [0.29, 0.717) is 10.6 Å². The molecule has 0 aliphatic rings. The van der Waals surface area contributed by atoms with Gasteiger partial charge < -0.3 is 5.32 Å². The zero-order chi connectivity index (χ0) is 20.6. The van der Waals surface area contributed by atoms with Crippen LogP contribution in [-0.2, 0) is 7.05 Å². The summed E-state index contributed by atoms with van der Waals surface area (Å²) in [6.07, 6.45) is -3.00. The summed E-state index contributed by atoms with van der Waals surface area (Å²) in [7, 11) is 1.34.